The van der Waals surface area contributed by atoms with E-state index in [0.29, 0.717) is 24.3 Å². The van der Waals surface area contributed by atoms with E-state index in [1.165, 1.54) is 15.0 Å². The molecule has 2 aromatic carbocycles. The van der Waals surface area contributed by atoms with E-state index in [9.17, 15) is 9.90 Å². The van der Waals surface area contributed by atoms with Crippen molar-refractivity contribution in [1.29, 1.82) is 0 Å². The maximum atomic E-state index is 11.4. The molecule has 158 valence electrons. The summed E-state index contributed by atoms with van der Waals surface area (Å²) in [5, 5.41) is 10.6. The molecule has 1 atom stereocenters. The highest BCUT2D eigenvalue weighted by Crippen LogP contribution is 2.44. The first-order valence-corrected chi connectivity index (χ1v) is 11.5. The van der Waals surface area contributed by atoms with Gasteiger partial charge in [0.05, 0.1) is 26.2 Å². The number of hydrogen-bond acceptors (Lipinski definition) is 5. The smallest absolute Gasteiger partial charge is 0.306 e. The summed E-state index contributed by atoms with van der Waals surface area (Å²) in [4.78, 5) is 15.1. The number of carbonyl (C=O) groups is 1. The third kappa shape index (κ3) is 4.06. The molecule has 0 aliphatic carbocycles. The minimum atomic E-state index is -0.694. The Kier molecular flexibility index (Phi) is 6.32. The molecule has 1 fully saturated rings. The van der Waals surface area contributed by atoms with Crippen LogP contribution in [0.3, 0.4) is 0 Å². The number of ether oxygens (including phenoxy) is 2. The van der Waals surface area contributed by atoms with Crippen LogP contribution in [0.15, 0.2) is 46.9 Å². The Morgan fingerprint density at radius 3 is 2.43 bits per heavy atom. The van der Waals surface area contributed by atoms with Gasteiger partial charge in [0.25, 0.3) is 0 Å². The number of carboxylic acids is 1. The fourth-order valence-electron chi connectivity index (χ4n) is 4.15. The van der Waals surface area contributed by atoms with Gasteiger partial charge in [-0.25, -0.2) is 0 Å². The van der Waals surface area contributed by atoms with Crippen molar-refractivity contribution in [3.05, 3.63) is 57.4 Å². The molecular weight excluding hydrogens is 466 g/mol. The summed E-state index contributed by atoms with van der Waals surface area (Å²) >= 11 is 5.53. The number of fused-ring (bicyclic) bond motifs is 1. The van der Waals surface area contributed by atoms with Gasteiger partial charge in [0.1, 0.15) is 0 Å². The Labute approximate surface area is 188 Å². The number of nitrogens with zero attached hydrogens (tertiary/aromatic N) is 1. The first kappa shape index (κ1) is 21.2. The van der Waals surface area contributed by atoms with Gasteiger partial charge < -0.3 is 14.6 Å². The largest absolute Gasteiger partial charge is 0.493 e. The molecule has 1 N–H and O–H groups in total. The molecule has 30 heavy (non-hydrogen) atoms. The molecule has 3 aromatic rings. The lowest BCUT2D eigenvalue weighted by atomic mass is 9.93. The molecule has 0 saturated carbocycles. The molecule has 5 nitrogen and oxygen atoms in total. The number of aliphatic carboxylic acids is 1. The van der Waals surface area contributed by atoms with Crippen LogP contribution in [0.2, 0.25) is 0 Å². The third-order valence-electron chi connectivity index (χ3n) is 5.76. The Morgan fingerprint density at radius 1 is 1.13 bits per heavy atom. The number of carboxylic acid groups (broad SMARTS) is 1. The molecule has 4 rings (SSSR count). The van der Waals surface area contributed by atoms with Crippen molar-refractivity contribution >= 4 is 43.3 Å². The van der Waals surface area contributed by atoms with E-state index in [4.69, 9.17) is 9.47 Å². The Hall–Kier alpha value is -2.09. The summed E-state index contributed by atoms with van der Waals surface area (Å²) in [7, 11) is 3.27. The van der Waals surface area contributed by atoms with E-state index in [-0.39, 0.29) is 12.0 Å². The molecular formula is C23H24BrNO4S. The highest BCUT2D eigenvalue weighted by molar-refractivity contribution is 9.10. The SMILES string of the molecule is COc1cc(Br)c(C(c2cc3ccccc3s2)N2CCC(C(=O)O)CC2)cc1OC. The molecule has 0 spiro atoms. The minimum Gasteiger partial charge on any atom is -0.493 e. The van der Waals surface area contributed by atoms with E-state index >= 15 is 0 Å². The van der Waals surface area contributed by atoms with Gasteiger partial charge in [0.15, 0.2) is 11.5 Å². The number of likely N-dealkylation sites (tertiary alicyclic amines) is 1. The molecule has 2 heterocycles. The van der Waals surface area contributed by atoms with Gasteiger partial charge in [-0.1, -0.05) is 34.1 Å². The summed E-state index contributed by atoms with van der Waals surface area (Å²) in [5.74, 6) is 0.397. The summed E-state index contributed by atoms with van der Waals surface area (Å²) < 4.78 is 13.2. The Balaban J connectivity index is 1.79. The van der Waals surface area contributed by atoms with Crippen molar-refractivity contribution in [2.45, 2.75) is 18.9 Å². The zero-order chi connectivity index (χ0) is 21.3. The second-order valence-corrected chi connectivity index (χ2v) is 9.44. The summed E-state index contributed by atoms with van der Waals surface area (Å²) in [5.41, 5.74) is 1.09. The standard InChI is InChI=1S/C23H24BrNO4S/c1-28-18-12-16(17(24)13-19(18)29-2)22(25-9-7-14(8-10-25)23(26)27)21-11-15-5-3-4-6-20(15)30-21/h3-6,11-14,22H,7-10H2,1-2H3,(H,26,27). The van der Waals surface area contributed by atoms with E-state index in [1.54, 1.807) is 25.6 Å². The lowest BCUT2D eigenvalue weighted by Gasteiger charge is -2.37. The monoisotopic (exact) mass is 489 g/mol. The van der Waals surface area contributed by atoms with Gasteiger partial charge in [0, 0.05) is 14.0 Å². The fourth-order valence-corrected chi connectivity index (χ4v) is 5.91. The summed E-state index contributed by atoms with van der Waals surface area (Å²) in [6.45, 7) is 1.47. The molecule has 1 aromatic heterocycles. The molecule has 0 radical (unpaired) electrons. The average Bonchev–Trinajstić information content (AvgIpc) is 3.18. The molecule has 1 saturated heterocycles. The van der Waals surface area contributed by atoms with Gasteiger partial charge in [-0.05, 0) is 61.1 Å². The predicted octanol–water partition coefficient (Wildman–Crippen LogP) is 5.57. The van der Waals surface area contributed by atoms with Crippen LogP contribution in [-0.2, 0) is 4.79 Å². The number of benzene rings is 2. The van der Waals surface area contributed by atoms with Gasteiger partial charge in [-0.3, -0.25) is 9.69 Å². The fraction of sp³-hybridized carbons (Fsp3) is 0.348. The van der Waals surface area contributed by atoms with Gasteiger partial charge in [0.2, 0.25) is 0 Å². The molecule has 7 heteroatoms. The zero-order valence-electron chi connectivity index (χ0n) is 16.9. The van der Waals surface area contributed by atoms with E-state index in [2.05, 4.69) is 51.2 Å². The number of hydrogen-bond donors (Lipinski definition) is 1. The second-order valence-electron chi connectivity index (χ2n) is 7.47. The van der Waals surface area contributed by atoms with Crippen LogP contribution in [0.4, 0.5) is 0 Å². The normalized spacial score (nSPS) is 16.5. The van der Waals surface area contributed by atoms with Gasteiger partial charge in [-0.2, -0.15) is 0 Å². The van der Waals surface area contributed by atoms with Gasteiger partial charge >= 0.3 is 5.97 Å². The Bertz CT molecular complexity index is 1030. The van der Waals surface area contributed by atoms with E-state index in [0.717, 1.165) is 23.1 Å². The average molecular weight is 490 g/mol. The minimum absolute atomic E-state index is 0.00586. The molecule has 1 aliphatic rings. The van der Waals surface area contributed by atoms with E-state index in [1.807, 2.05) is 12.1 Å². The topological polar surface area (TPSA) is 59.0 Å². The number of halogens is 1. The molecule has 1 aliphatic heterocycles. The third-order valence-corrected chi connectivity index (χ3v) is 7.61. The maximum Gasteiger partial charge on any atom is 0.306 e. The van der Waals surface area contributed by atoms with Crippen molar-refractivity contribution in [1.82, 2.24) is 4.90 Å². The highest BCUT2D eigenvalue weighted by atomic mass is 79.9. The molecule has 0 amide bonds. The predicted molar refractivity (Wildman–Crippen MR) is 123 cm³/mol. The summed E-state index contributed by atoms with van der Waals surface area (Å²) in [6, 6.07) is 14.6. The van der Waals surface area contributed by atoms with Crippen LogP contribution < -0.4 is 9.47 Å². The number of rotatable bonds is 6. The van der Waals surface area contributed by atoms with Crippen LogP contribution in [0.5, 0.6) is 11.5 Å². The second kappa shape index (κ2) is 8.96. The maximum absolute atomic E-state index is 11.4. The highest BCUT2D eigenvalue weighted by Gasteiger charge is 2.32. The number of thiophene rings is 1. The number of piperidine rings is 1. The van der Waals surface area contributed by atoms with Crippen LogP contribution in [-0.4, -0.2) is 43.3 Å². The van der Waals surface area contributed by atoms with Crippen molar-refractivity contribution in [3.63, 3.8) is 0 Å². The first-order valence-electron chi connectivity index (χ1n) is 9.88. The van der Waals surface area contributed by atoms with Crippen LogP contribution in [0.25, 0.3) is 10.1 Å². The van der Waals surface area contributed by atoms with Crippen LogP contribution in [0.1, 0.15) is 29.3 Å². The quantitative estimate of drug-likeness (QED) is 0.490. The van der Waals surface area contributed by atoms with Crippen LogP contribution in [0, 0.1) is 5.92 Å². The lowest BCUT2D eigenvalue weighted by molar-refractivity contribution is -0.143. The Morgan fingerprint density at radius 2 is 1.80 bits per heavy atom. The molecule has 1 unspecified atom stereocenters. The summed E-state index contributed by atoms with van der Waals surface area (Å²) in [6.07, 6.45) is 1.31. The van der Waals surface area contributed by atoms with E-state index < -0.39 is 5.97 Å². The van der Waals surface area contributed by atoms with Crippen molar-refractivity contribution in [3.8, 4) is 11.5 Å². The van der Waals surface area contributed by atoms with Crippen LogP contribution >= 0.6 is 27.3 Å². The van der Waals surface area contributed by atoms with Crippen molar-refractivity contribution < 1.29 is 19.4 Å². The lowest BCUT2D eigenvalue weighted by Crippen LogP contribution is -2.39. The molecule has 0 bridgehead atoms. The van der Waals surface area contributed by atoms with Crippen molar-refractivity contribution in [2.24, 2.45) is 5.92 Å². The zero-order valence-corrected chi connectivity index (χ0v) is 19.3. The van der Waals surface area contributed by atoms with Gasteiger partial charge in [-0.15, -0.1) is 11.3 Å². The van der Waals surface area contributed by atoms with Crippen molar-refractivity contribution in [2.75, 3.05) is 27.3 Å². The number of methoxy groups -OCH3 is 2. The first-order chi connectivity index (χ1) is 14.5.